The maximum absolute atomic E-state index is 13.1. The van der Waals surface area contributed by atoms with E-state index >= 15 is 0 Å². The molecule has 0 heterocycles. The number of carbonyl (C=O) groups is 4. The van der Waals surface area contributed by atoms with Gasteiger partial charge in [0, 0.05) is 25.7 Å². The molecule has 0 amide bonds. The van der Waals surface area contributed by atoms with E-state index in [9.17, 15) is 43.2 Å². The van der Waals surface area contributed by atoms with Gasteiger partial charge in [-0.15, -0.1) is 0 Å². The van der Waals surface area contributed by atoms with Crippen LogP contribution in [0.25, 0.3) is 0 Å². The van der Waals surface area contributed by atoms with Crippen LogP contribution in [-0.2, 0) is 65.4 Å². The monoisotopic (exact) mass is 1480 g/mol. The van der Waals surface area contributed by atoms with Crippen molar-refractivity contribution in [1.82, 2.24) is 0 Å². The first kappa shape index (κ1) is 99.1. The predicted molar refractivity (Wildman–Crippen MR) is 414 cm³/mol. The topological polar surface area (TPSA) is 237 Å². The van der Waals surface area contributed by atoms with Crippen LogP contribution in [0, 0.1) is 23.7 Å². The van der Waals surface area contributed by atoms with Gasteiger partial charge >= 0.3 is 39.5 Å². The van der Waals surface area contributed by atoms with Crippen LogP contribution in [-0.4, -0.2) is 96.7 Å². The SMILES string of the molecule is CCC(C)CCCCCCCCCCCCCCCCCCCCC(=O)O[C@H](COC(=O)CCCCCCCCCCCCCCC(C)C)COP(=O)(O)OC[C@@H](O)COP(=O)(O)OC[C@@H](COC(=O)CCCCCCCCC(C)CC)OC(=O)CCCCCCCCCCCCCC(C)C. The summed E-state index contributed by atoms with van der Waals surface area (Å²) in [5, 5.41) is 10.6. The standard InChI is InChI=1S/C82H160O17P2/c1-9-74(7)60-52-44-36-30-24-17-15-13-11-12-14-16-18-26-32-38-48-56-64-81(86)98-77(68-92-79(84)62-54-46-37-31-25-20-19-22-28-34-42-50-58-72(3)4)70-96-100(88,89)94-66-76(83)67-95-101(90,91)97-71-78(69-93-80(85)63-55-47-41-40-45-53-61-75(8)10-2)99-82(87)65-57-49-39-33-27-21-23-29-35-43-51-59-73(5)6/h72-78,83H,9-71H2,1-8H3,(H,88,89)(H,90,91)/t74?,75?,76-,77-,78-/m1/s1. The Hall–Kier alpha value is -1.94. The van der Waals surface area contributed by atoms with Gasteiger partial charge in [0.2, 0.25) is 0 Å². The number of phosphoric ester groups is 2. The molecule has 0 aliphatic rings. The largest absolute Gasteiger partial charge is 0.472 e. The Kier molecular flexibility index (Phi) is 69.6. The Morgan fingerprint density at radius 3 is 0.703 bits per heavy atom. The van der Waals surface area contributed by atoms with Gasteiger partial charge < -0.3 is 33.8 Å². The summed E-state index contributed by atoms with van der Waals surface area (Å²) in [6.07, 6.45) is 58.3. The number of hydrogen-bond acceptors (Lipinski definition) is 15. The highest BCUT2D eigenvalue weighted by Crippen LogP contribution is 2.45. The van der Waals surface area contributed by atoms with Gasteiger partial charge in [0.1, 0.15) is 19.3 Å². The lowest BCUT2D eigenvalue weighted by Gasteiger charge is -2.21. The Morgan fingerprint density at radius 1 is 0.277 bits per heavy atom. The van der Waals surface area contributed by atoms with Crippen molar-refractivity contribution in [3.8, 4) is 0 Å². The molecule has 101 heavy (non-hydrogen) atoms. The third-order valence-electron chi connectivity index (χ3n) is 19.8. The van der Waals surface area contributed by atoms with E-state index in [1.54, 1.807) is 0 Å². The normalized spacial score (nSPS) is 14.5. The number of unbranched alkanes of at least 4 members (excludes halogenated alkanes) is 43. The second-order valence-corrected chi connectivity index (χ2v) is 33.9. The summed E-state index contributed by atoms with van der Waals surface area (Å²) in [4.78, 5) is 73.0. The summed E-state index contributed by atoms with van der Waals surface area (Å²) >= 11 is 0. The summed E-state index contributed by atoms with van der Waals surface area (Å²) in [7, 11) is -9.92. The van der Waals surface area contributed by atoms with Gasteiger partial charge in [-0.2, -0.15) is 0 Å². The molecule has 7 atom stereocenters. The Morgan fingerprint density at radius 2 is 0.475 bits per heavy atom. The van der Waals surface area contributed by atoms with Crippen LogP contribution < -0.4 is 0 Å². The Balaban J connectivity index is 5.22. The van der Waals surface area contributed by atoms with Crippen LogP contribution in [0.15, 0.2) is 0 Å². The highest BCUT2D eigenvalue weighted by atomic mass is 31.2. The van der Waals surface area contributed by atoms with Crippen LogP contribution in [0.5, 0.6) is 0 Å². The molecule has 0 saturated heterocycles. The van der Waals surface area contributed by atoms with Crippen LogP contribution >= 0.6 is 15.6 Å². The summed E-state index contributed by atoms with van der Waals surface area (Å²) in [6, 6.07) is 0. The van der Waals surface area contributed by atoms with Gasteiger partial charge in [-0.3, -0.25) is 37.3 Å². The van der Waals surface area contributed by atoms with Crippen molar-refractivity contribution in [2.75, 3.05) is 39.6 Å². The fourth-order valence-electron chi connectivity index (χ4n) is 12.5. The van der Waals surface area contributed by atoms with Crippen molar-refractivity contribution in [2.24, 2.45) is 23.7 Å². The fourth-order valence-corrected chi connectivity index (χ4v) is 14.1. The van der Waals surface area contributed by atoms with Crippen LogP contribution in [0.4, 0.5) is 0 Å². The smallest absolute Gasteiger partial charge is 0.462 e. The van der Waals surface area contributed by atoms with Gasteiger partial charge in [0.25, 0.3) is 0 Å². The number of phosphoric acid groups is 2. The molecular weight excluding hydrogens is 1320 g/mol. The fraction of sp³-hybridized carbons (Fsp3) is 0.951. The Labute approximate surface area is 619 Å². The average Bonchev–Trinajstić information content (AvgIpc) is 0.917. The molecule has 0 saturated carbocycles. The van der Waals surface area contributed by atoms with E-state index in [0.29, 0.717) is 25.7 Å². The highest BCUT2D eigenvalue weighted by Gasteiger charge is 2.30. The van der Waals surface area contributed by atoms with E-state index in [1.807, 2.05) is 0 Å². The predicted octanol–water partition coefficient (Wildman–Crippen LogP) is 24.4. The lowest BCUT2D eigenvalue weighted by Crippen LogP contribution is -2.30. The van der Waals surface area contributed by atoms with E-state index in [2.05, 4.69) is 55.4 Å². The first-order chi connectivity index (χ1) is 48.7. The Bertz CT molecular complexity index is 1980. The molecule has 0 bridgehead atoms. The first-order valence-electron chi connectivity index (χ1n) is 42.3. The lowest BCUT2D eigenvalue weighted by atomic mass is 9.99. The van der Waals surface area contributed by atoms with E-state index in [4.69, 9.17) is 37.0 Å². The average molecular weight is 1480 g/mol. The van der Waals surface area contributed by atoms with Gasteiger partial charge in [-0.1, -0.05) is 370 Å². The van der Waals surface area contributed by atoms with E-state index in [-0.39, 0.29) is 25.7 Å². The molecule has 19 heteroatoms. The van der Waals surface area contributed by atoms with E-state index in [1.165, 1.54) is 218 Å². The van der Waals surface area contributed by atoms with Crippen molar-refractivity contribution >= 4 is 39.5 Å². The number of esters is 4. The molecule has 0 spiro atoms. The number of aliphatic hydroxyl groups is 1. The molecular formula is C82H160O17P2. The maximum atomic E-state index is 13.1. The van der Waals surface area contributed by atoms with Crippen LogP contribution in [0.3, 0.4) is 0 Å². The zero-order valence-corrected chi connectivity index (χ0v) is 68.3. The minimum absolute atomic E-state index is 0.105. The lowest BCUT2D eigenvalue weighted by molar-refractivity contribution is -0.161. The maximum Gasteiger partial charge on any atom is 0.472 e. The number of aliphatic hydroxyl groups excluding tert-OH is 1. The number of ether oxygens (including phenoxy) is 4. The second-order valence-electron chi connectivity index (χ2n) is 31.0. The van der Waals surface area contributed by atoms with Gasteiger partial charge in [0.15, 0.2) is 12.2 Å². The molecule has 0 aromatic carbocycles. The summed E-state index contributed by atoms with van der Waals surface area (Å²) in [5.41, 5.74) is 0. The van der Waals surface area contributed by atoms with Crippen molar-refractivity contribution in [3.63, 3.8) is 0 Å². The third-order valence-corrected chi connectivity index (χ3v) is 21.7. The third kappa shape index (κ3) is 73.4. The molecule has 4 unspecified atom stereocenters. The van der Waals surface area contributed by atoms with Crippen molar-refractivity contribution in [1.29, 1.82) is 0 Å². The van der Waals surface area contributed by atoms with E-state index < -0.39 is 97.5 Å². The van der Waals surface area contributed by atoms with Crippen molar-refractivity contribution in [3.05, 3.63) is 0 Å². The molecule has 0 fully saturated rings. The number of carbonyl (C=O) groups excluding carboxylic acids is 4. The van der Waals surface area contributed by atoms with E-state index in [0.717, 1.165) is 120 Å². The molecule has 600 valence electrons. The summed E-state index contributed by atoms with van der Waals surface area (Å²) < 4.78 is 68.7. The molecule has 0 aliphatic carbocycles. The van der Waals surface area contributed by atoms with Crippen LogP contribution in [0.2, 0.25) is 0 Å². The van der Waals surface area contributed by atoms with Crippen molar-refractivity contribution < 1.29 is 80.2 Å². The summed E-state index contributed by atoms with van der Waals surface area (Å²) in [6.45, 7) is 14.3. The second kappa shape index (κ2) is 71.0. The highest BCUT2D eigenvalue weighted by molar-refractivity contribution is 7.47. The minimum atomic E-state index is -4.96. The quantitative estimate of drug-likeness (QED) is 0.0222. The first-order valence-corrected chi connectivity index (χ1v) is 45.3. The molecule has 0 aromatic heterocycles. The number of rotatable bonds is 79. The number of hydrogen-bond donors (Lipinski definition) is 3. The molecule has 0 aromatic rings. The molecule has 0 aliphatic heterocycles. The zero-order chi connectivity index (χ0) is 74.6. The zero-order valence-electron chi connectivity index (χ0n) is 66.5. The van der Waals surface area contributed by atoms with Crippen LogP contribution in [0.1, 0.15) is 421 Å². The van der Waals surface area contributed by atoms with Crippen molar-refractivity contribution in [2.45, 2.75) is 440 Å². The molecule has 0 radical (unpaired) electrons. The molecule has 3 N–H and O–H groups in total. The van der Waals surface area contributed by atoms with Gasteiger partial charge in [-0.25, -0.2) is 9.13 Å². The molecule has 17 nitrogen and oxygen atoms in total. The minimum Gasteiger partial charge on any atom is -0.462 e. The van der Waals surface area contributed by atoms with Gasteiger partial charge in [-0.05, 0) is 49.4 Å². The molecule has 0 rings (SSSR count). The van der Waals surface area contributed by atoms with Gasteiger partial charge in [0.05, 0.1) is 26.4 Å². The summed E-state index contributed by atoms with van der Waals surface area (Å²) in [5.74, 6) is 1.03.